The SMILES string of the molecule is CCC(N)(Cc1ccccc1)Cc1ncnn1C. The Morgan fingerprint density at radius 3 is 2.50 bits per heavy atom. The van der Waals surface area contributed by atoms with Crippen LogP contribution in [0.4, 0.5) is 0 Å². The summed E-state index contributed by atoms with van der Waals surface area (Å²) in [7, 11) is 1.90. The first-order valence-corrected chi connectivity index (χ1v) is 6.29. The van der Waals surface area contributed by atoms with E-state index in [4.69, 9.17) is 5.73 Å². The van der Waals surface area contributed by atoms with Gasteiger partial charge in [-0.1, -0.05) is 37.3 Å². The Labute approximate surface area is 108 Å². The Hall–Kier alpha value is -1.68. The summed E-state index contributed by atoms with van der Waals surface area (Å²) >= 11 is 0. The van der Waals surface area contributed by atoms with E-state index < -0.39 is 0 Å². The maximum Gasteiger partial charge on any atom is 0.138 e. The third kappa shape index (κ3) is 2.96. The highest BCUT2D eigenvalue weighted by molar-refractivity contribution is 5.18. The van der Waals surface area contributed by atoms with E-state index >= 15 is 0 Å². The van der Waals surface area contributed by atoms with Crippen LogP contribution in [0.15, 0.2) is 36.7 Å². The van der Waals surface area contributed by atoms with Crippen LogP contribution < -0.4 is 5.73 Å². The van der Waals surface area contributed by atoms with E-state index in [-0.39, 0.29) is 5.54 Å². The first kappa shape index (κ1) is 12.8. The molecule has 2 aromatic rings. The van der Waals surface area contributed by atoms with Crippen molar-refractivity contribution in [2.45, 2.75) is 31.7 Å². The molecule has 4 nitrogen and oxygen atoms in total. The Morgan fingerprint density at radius 2 is 1.94 bits per heavy atom. The van der Waals surface area contributed by atoms with Crippen molar-refractivity contribution in [3.05, 3.63) is 48.0 Å². The van der Waals surface area contributed by atoms with Gasteiger partial charge in [-0.15, -0.1) is 0 Å². The number of nitrogens with zero attached hydrogens (tertiary/aromatic N) is 3. The van der Waals surface area contributed by atoms with Crippen molar-refractivity contribution in [3.8, 4) is 0 Å². The molecule has 1 aromatic heterocycles. The lowest BCUT2D eigenvalue weighted by Gasteiger charge is -2.27. The van der Waals surface area contributed by atoms with Gasteiger partial charge >= 0.3 is 0 Å². The van der Waals surface area contributed by atoms with E-state index in [0.29, 0.717) is 0 Å². The van der Waals surface area contributed by atoms with Crippen LogP contribution in [0.2, 0.25) is 0 Å². The molecular formula is C14H20N4. The predicted octanol–water partition coefficient (Wildman–Crippen LogP) is 1.71. The topological polar surface area (TPSA) is 56.7 Å². The zero-order chi connectivity index (χ0) is 13.0. The second-order valence-corrected chi connectivity index (χ2v) is 4.85. The van der Waals surface area contributed by atoms with Gasteiger partial charge in [0.1, 0.15) is 12.2 Å². The summed E-state index contributed by atoms with van der Waals surface area (Å²) in [5.74, 6) is 0.940. The lowest BCUT2D eigenvalue weighted by molar-refractivity contribution is 0.389. The Balaban J connectivity index is 2.13. The third-order valence-electron chi connectivity index (χ3n) is 3.42. The molecule has 1 atom stereocenters. The van der Waals surface area contributed by atoms with Crippen LogP contribution in [0.1, 0.15) is 24.7 Å². The minimum absolute atomic E-state index is 0.262. The van der Waals surface area contributed by atoms with Crippen molar-refractivity contribution in [3.63, 3.8) is 0 Å². The fourth-order valence-corrected chi connectivity index (χ4v) is 2.11. The molecule has 1 unspecified atom stereocenters. The smallest absolute Gasteiger partial charge is 0.138 e. The average Bonchev–Trinajstić information content (AvgIpc) is 2.76. The lowest BCUT2D eigenvalue weighted by atomic mass is 9.86. The molecule has 2 rings (SSSR count). The van der Waals surface area contributed by atoms with Crippen molar-refractivity contribution in [1.82, 2.24) is 14.8 Å². The van der Waals surface area contributed by atoms with Crippen LogP contribution in [0, 0.1) is 0 Å². The van der Waals surface area contributed by atoms with Crippen molar-refractivity contribution < 1.29 is 0 Å². The summed E-state index contributed by atoms with van der Waals surface area (Å²) in [5, 5.41) is 4.09. The first-order valence-electron chi connectivity index (χ1n) is 6.29. The van der Waals surface area contributed by atoms with Crippen molar-refractivity contribution in [1.29, 1.82) is 0 Å². The minimum atomic E-state index is -0.262. The molecule has 4 heteroatoms. The summed E-state index contributed by atoms with van der Waals surface area (Å²) in [6.45, 7) is 2.12. The second kappa shape index (κ2) is 5.31. The molecule has 0 aliphatic carbocycles. The lowest BCUT2D eigenvalue weighted by Crippen LogP contribution is -2.44. The highest BCUT2D eigenvalue weighted by Crippen LogP contribution is 2.18. The molecule has 0 amide bonds. The van der Waals surface area contributed by atoms with Crippen LogP contribution in [-0.2, 0) is 19.9 Å². The molecule has 0 aliphatic heterocycles. The summed E-state index contributed by atoms with van der Waals surface area (Å²) in [5.41, 5.74) is 7.51. The molecule has 0 saturated heterocycles. The molecule has 0 saturated carbocycles. The fraction of sp³-hybridized carbons (Fsp3) is 0.429. The Bertz CT molecular complexity index is 492. The summed E-state index contributed by atoms with van der Waals surface area (Å²) in [6.07, 6.45) is 4.09. The maximum atomic E-state index is 6.51. The van der Waals surface area contributed by atoms with Gasteiger partial charge in [0.05, 0.1) is 0 Å². The van der Waals surface area contributed by atoms with Gasteiger partial charge in [0, 0.05) is 19.0 Å². The molecule has 0 spiro atoms. The maximum absolute atomic E-state index is 6.51. The van der Waals surface area contributed by atoms with E-state index in [1.165, 1.54) is 5.56 Å². The molecule has 1 heterocycles. The van der Waals surface area contributed by atoms with Gasteiger partial charge in [-0.3, -0.25) is 4.68 Å². The number of benzene rings is 1. The average molecular weight is 244 g/mol. The zero-order valence-corrected chi connectivity index (χ0v) is 11.0. The van der Waals surface area contributed by atoms with Gasteiger partial charge in [0.25, 0.3) is 0 Å². The zero-order valence-electron chi connectivity index (χ0n) is 11.0. The standard InChI is InChI=1S/C14H20N4/c1-3-14(15,9-12-7-5-4-6-8-12)10-13-16-11-17-18(13)2/h4-8,11H,3,9-10,15H2,1-2H3. The largest absolute Gasteiger partial charge is 0.324 e. The van der Waals surface area contributed by atoms with Gasteiger partial charge < -0.3 is 5.73 Å². The molecule has 0 aliphatic rings. The number of hydrogen-bond donors (Lipinski definition) is 1. The minimum Gasteiger partial charge on any atom is -0.324 e. The monoisotopic (exact) mass is 244 g/mol. The van der Waals surface area contributed by atoms with Gasteiger partial charge in [-0.2, -0.15) is 5.10 Å². The van der Waals surface area contributed by atoms with E-state index in [2.05, 4.69) is 29.1 Å². The van der Waals surface area contributed by atoms with Gasteiger partial charge in [-0.05, 0) is 18.4 Å². The van der Waals surface area contributed by atoms with Gasteiger partial charge in [0.15, 0.2) is 0 Å². The quantitative estimate of drug-likeness (QED) is 0.871. The van der Waals surface area contributed by atoms with Gasteiger partial charge in [-0.25, -0.2) is 4.98 Å². The molecule has 0 bridgehead atoms. The molecule has 2 N–H and O–H groups in total. The summed E-state index contributed by atoms with van der Waals surface area (Å²) in [6, 6.07) is 10.4. The number of aryl methyl sites for hydroxylation is 1. The van der Waals surface area contributed by atoms with E-state index in [1.54, 1.807) is 11.0 Å². The number of hydrogen-bond acceptors (Lipinski definition) is 3. The van der Waals surface area contributed by atoms with Crippen molar-refractivity contribution >= 4 is 0 Å². The van der Waals surface area contributed by atoms with Crippen LogP contribution in [0.25, 0.3) is 0 Å². The molecule has 18 heavy (non-hydrogen) atoms. The van der Waals surface area contributed by atoms with Crippen LogP contribution >= 0.6 is 0 Å². The van der Waals surface area contributed by atoms with Gasteiger partial charge in [0.2, 0.25) is 0 Å². The van der Waals surface area contributed by atoms with Crippen LogP contribution in [-0.4, -0.2) is 20.3 Å². The molecular weight excluding hydrogens is 224 g/mol. The second-order valence-electron chi connectivity index (χ2n) is 4.85. The molecule has 0 radical (unpaired) electrons. The molecule has 1 aromatic carbocycles. The Morgan fingerprint density at radius 1 is 1.22 bits per heavy atom. The number of aromatic nitrogens is 3. The Kier molecular flexibility index (Phi) is 3.77. The van der Waals surface area contributed by atoms with Crippen LogP contribution in [0.5, 0.6) is 0 Å². The molecule has 96 valence electrons. The summed E-state index contributed by atoms with van der Waals surface area (Å²) in [4.78, 5) is 4.26. The third-order valence-corrected chi connectivity index (χ3v) is 3.42. The van der Waals surface area contributed by atoms with Crippen molar-refractivity contribution in [2.24, 2.45) is 12.8 Å². The summed E-state index contributed by atoms with van der Waals surface area (Å²) < 4.78 is 1.79. The van der Waals surface area contributed by atoms with E-state index in [1.807, 2.05) is 25.2 Å². The van der Waals surface area contributed by atoms with E-state index in [9.17, 15) is 0 Å². The van der Waals surface area contributed by atoms with Crippen LogP contribution in [0.3, 0.4) is 0 Å². The first-order chi connectivity index (χ1) is 8.63. The van der Waals surface area contributed by atoms with E-state index in [0.717, 1.165) is 25.1 Å². The normalized spacial score (nSPS) is 14.4. The predicted molar refractivity (Wildman–Crippen MR) is 72.1 cm³/mol. The highest BCUT2D eigenvalue weighted by atomic mass is 15.3. The fourth-order valence-electron chi connectivity index (χ4n) is 2.11. The number of nitrogens with two attached hydrogens (primary N) is 1. The highest BCUT2D eigenvalue weighted by Gasteiger charge is 2.25. The molecule has 0 fully saturated rings. The number of rotatable bonds is 5. The van der Waals surface area contributed by atoms with Crippen molar-refractivity contribution in [2.75, 3.05) is 0 Å².